The summed E-state index contributed by atoms with van der Waals surface area (Å²) in [5.41, 5.74) is 1.29. The van der Waals surface area contributed by atoms with Crippen LogP contribution in [0.5, 0.6) is 0 Å². The summed E-state index contributed by atoms with van der Waals surface area (Å²) in [7, 11) is 0. The van der Waals surface area contributed by atoms with Gasteiger partial charge in [0.2, 0.25) is 0 Å². The van der Waals surface area contributed by atoms with Crippen LogP contribution in [0.3, 0.4) is 0 Å². The van der Waals surface area contributed by atoms with Gasteiger partial charge in [-0.3, -0.25) is 9.78 Å². The average Bonchev–Trinajstić information content (AvgIpc) is 3.14. The third-order valence-electron chi connectivity index (χ3n) is 5.33. The molecule has 1 saturated carbocycles. The van der Waals surface area contributed by atoms with Crippen LogP contribution in [0.15, 0.2) is 42.7 Å². The highest BCUT2D eigenvalue weighted by Crippen LogP contribution is 2.49. The number of nitrogens with zero attached hydrogens (tertiary/aromatic N) is 3. The molecule has 2 fully saturated rings. The van der Waals surface area contributed by atoms with Crippen LogP contribution in [0.1, 0.15) is 19.3 Å². The first-order valence-corrected chi connectivity index (χ1v) is 8.05. The molecule has 1 aliphatic carbocycles. The van der Waals surface area contributed by atoms with Crippen LogP contribution in [0.2, 0.25) is 0 Å². The number of rotatable bonds is 3. The molecule has 118 valence electrons. The lowest BCUT2D eigenvalue weighted by atomic mass is 9.81. The third kappa shape index (κ3) is 2.27. The molecule has 1 N–H and O–H groups in total. The zero-order valence-corrected chi connectivity index (χ0v) is 12.9. The number of benzene rings is 1. The predicted molar refractivity (Wildman–Crippen MR) is 87.1 cm³/mol. The van der Waals surface area contributed by atoms with Crippen molar-refractivity contribution in [2.75, 3.05) is 18.0 Å². The fourth-order valence-corrected chi connectivity index (χ4v) is 4.06. The average molecular weight is 309 g/mol. The number of aromatic nitrogens is 2. The van der Waals surface area contributed by atoms with Crippen LogP contribution in [-0.2, 0) is 4.79 Å². The molecule has 0 radical (unpaired) electrons. The second-order valence-corrected chi connectivity index (χ2v) is 6.56. The van der Waals surface area contributed by atoms with Crippen LogP contribution < -0.4 is 4.90 Å². The number of hydrogen-bond acceptors (Lipinski definition) is 4. The number of fused-ring (bicyclic) bond motifs is 1. The Balaban J connectivity index is 1.57. The Morgan fingerprint density at radius 3 is 2.70 bits per heavy atom. The highest BCUT2D eigenvalue weighted by molar-refractivity contribution is 5.77. The van der Waals surface area contributed by atoms with Gasteiger partial charge in [0, 0.05) is 18.7 Å². The second kappa shape index (κ2) is 5.33. The molecule has 2 aromatic rings. The van der Waals surface area contributed by atoms with E-state index in [0.29, 0.717) is 6.54 Å². The lowest BCUT2D eigenvalue weighted by Gasteiger charge is -2.23. The topological polar surface area (TPSA) is 66.3 Å². The highest BCUT2D eigenvalue weighted by Gasteiger charge is 2.55. The van der Waals surface area contributed by atoms with Crippen molar-refractivity contribution < 1.29 is 9.90 Å². The molecule has 2 aliphatic rings. The largest absolute Gasteiger partial charge is 0.481 e. The molecule has 1 aromatic carbocycles. The Hall–Kier alpha value is -2.43. The minimum atomic E-state index is -0.656. The van der Waals surface area contributed by atoms with Crippen molar-refractivity contribution in [3.63, 3.8) is 0 Å². The molecule has 1 aromatic heterocycles. The van der Waals surface area contributed by atoms with Gasteiger partial charge in [0.15, 0.2) is 0 Å². The number of carboxylic acid groups (broad SMARTS) is 1. The Morgan fingerprint density at radius 1 is 1.22 bits per heavy atom. The van der Waals surface area contributed by atoms with Gasteiger partial charge in [-0.2, -0.15) is 0 Å². The van der Waals surface area contributed by atoms with Gasteiger partial charge in [-0.1, -0.05) is 36.8 Å². The van der Waals surface area contributed by atoms with Gasteiger partial charge in [0.25, 0.3) is 0 Å². The quantitative estimate of drug-likeness (QED) is 0.944. The van der Waals surface area contributed by atoms with Crippen molar-refractivity contribution in [2.45, 2.75) is 19.3 Å². The maximum Gasteiger partial charge on any atom is 0.311 e. The Kier molecular flexibility index (Phi) is 3.29. The van der Waals surface area contributed by atoms with Crippen molar-refractivity contribution in [1.29, 1.82) is 0 Å². The standard InChI is InChI=1S/C18H19N3O2/c22-17(23)18-8-4-7-14(18)11-21(12-18)16-10-19-15(9-20-16)13-5-2-1-3-6-13/h1-3,5-6,9-10,14H,4,7-8,11-12H2,(H,22,23)/t14-,18+/m0/s1. The highest BCUT2D eigenvalue weighted by atomic mass is 16.4. The van der Waals surface area contributed by atoms with Crippen molar-refractivity contribution in [1.82, 2.24) is 9.97 Å². The van der Waals surface area contributed by atoms with Crippen LogP contribution in [0.4, 0.5) is 5.82 Å². The Labute approximate surface area is 135 Å². The van der Waals surface area contributed by atoms with Crippen molar-refractivity contribution in [3.05, 3.63) is 42.7 Å². The fraction of sp³-hybridized carbons (Fsp3) is 0.389. The molecule has 5 nitrogen and oxygen atoms in total. The van der Waals surface area contributed by atoms with Crippen molar-refractivity contribution >= 4 is 11.8 Å². The van der Waals surface area contributed by atoms with E-state index in [1.807, 2.05) is 30.3 Å². The van der Waals surface area contributed by atoms with E-state index in [2.05, 4.69) is 14.9 Å². The number of aliphatic carboxylic acids is 1. The predicted octanol–water partition coefficient (Wildman–Crippen LogP) is 2.83. The minimum absolute atomic E-state index is 0.232. The first-order chi connectivity index (χ1) is 11.2. The van der Waals surface area contributed by atoms with E-state index in [-0.39, 0.29) is 5.92 Å². The van der Waals surface area contributed by atoms with Gasteiger partial charge in [0.05, 0.1) is 23.5 Å². The fourth-order valence-electron chi connectivity index (χ4n) is 4.06. The molecule has 0 unspecified atom stereocenters. The zero-order valence-electron chi connectivity index (χ0n) is 12.9. The summed E-state index contributed by atoms with van der Waals surface area (Å²) in [5.74, 6) is 0.353. The summed E-state index contributed by atoms with van der Waals surface area (Å²) in [6.07, 6.45) is 6.33. The Morgan fingerprint density at radius 2 is 2.04 bits per heavy atom. The number of carbonyl (C=O) groups is 1. The number of anilines is 1. The van der Waals surface area contributed by atoms with Crippen LogP contribution >= 0.6 is 0 Å². The second-order valence-electron chi connectivity index (χ2n) is 6.56. The first-order valence-electron chi connectivity index (χ1n) is 8.05. The summed E-state index contributed by atoms with van der Waals surface area (Å²) in [4.78, 5) is 22.9. The van der Waals surface area contributed by atoms with Crippen molar-refractivity contribution in [2.24, 2.45) is 11.3 Å². The lowest BCUT2D eigenvalue weighted by Crippen LogP contribution is -2.35. The van der Waals surface area contributed by atoms with Crippen molar-refractivity contribution in [3.8, 4) is 11.3 Å². The molecule has 0 amide bonds. The van der Waals surface area contributed by atoms with Crippen LogP contribution in [0, 0.1) is 11.3 Å². The molecule has 1 aliphatic heterocycles. The maximum absolute atomic E-state index is 11.8. The molecule has 2 heterocycles. The van der Waals surface area contributed by atoms with Gasteiger partial charge in [-0.15, -0.1) is 0 Å². The van der Waals surface area contributed by atoms with Crippen LogP contribution in [-0.4, -0.2) is 34.1 Å². The van der Waals surface area contributed by atoms with E-state index in [1.54, 1.807) is 12.4 Å². The van der Waals surface area contributed by atoms with Gasteiger partial charge >= 0.3 is 5.97 Å². The normalized spacial score (nSPS) is 26.3. The lowest BCUT2D eigenvalue weighted by molar-refractivity contribution is -0.149. The molecular weight excluding hydrogens is 290 g/mol. The van der Waals surface area contributed by atoms with E-state index in [9.17, 15) is 9.90 Å². The third-order valence-corrected chi connectivity index (χ3v) is 5.33. The van der Waals surface area contributed by atoms with Gasteiger partial charge in [-0.05, 0) is 18.8 Å². The Bertz CT molecular complexity index is 717. The zero-order chi connectivity index (χ0) is 15.9. The molecule has 5 heteroatoms. The molecule has 0 spiro atoms. The SMILES string of the molecule is O=C(O)[C@@]12CCC[C@H]1CN(c1cnc(-c3ccccc3)cn1)C2. The smallest absolute Gasteiger partial charge is 0.311 e. The van der Waals surface area contributed by atoms with E-state index >= 15 is 0 Å². The molecule has 1 saturated heterocycles. The van der Waals surface area contributed by atoms with Crippen LogP contribution in [0.25, 0.3) is 11.3 Å². The summed E-state index contributed by atoms with van der Waals surface area (Å²) in [6.45, 7) is 1.32. The van der Waals surface area contributed by atoms with E-state index in [4.69, 9.17) is 0 Å². The maximum atomic E-state index is 11.8. The minimum Gasteiger partial charge on any atom is -0.481 e. The number of carboxylic acids is 1. The molecule has 4 rings (SSSR count). The molecular formula is C18H19N3O2. The first kappa shape index (κ1) is 14.2. The summed E-state index contributed by atoms with van der Waals surface area (Å²) < 4.78 is 0. The van der Waals surface area contributed by atoms with E-state index < -0.39 is 11.4 Å². The monoisotopic (exact) mass is 309 g/mol. The van der Waals surface area contributed by atoms with Gasteiger partial charge in [-0.25, -0.2) is 4.98 Å². The molecule has 0 bridgehead atoms. The van der Waals surface area contributed by atoms with Gasteiger partial charge in [0.1, 0.15) is 5.82 Å². The summed E-state index contributed by atoms with van der Waals surface area (Å²) in [6, 6.07) is 9.93. The van der Waals surface area contributed by atoms with E-state index in [1.165, 1.54) is 0 Å². The summed E-state index contributed by atoms with van der Waals surface area (Å²) >= 11 is 0. The summed E-state index contributed by atoms with van der Waals surface area (Å²) in [5, 5.41) is 9.67. The van der Waals surface area contributed by atoms with E-state index in [0.717, 1.165) is 42.9 Å². The molecule has 23 heavy (non-hydrogen) atoms. The molecule has 2 atom stereocenters. The van der Waals surface area contributed by atoms with Gasteiger partial charge < -0.3 is 10.0 Å². The number of hydrogen-bond donors (Lipinski definition) is 1.